The first-order valence-electron chi connectivity index (χ1n) is 9.96. The molecule has 0 saturated carbocycles. The highest BCUT2D eigenvalue weighted by molar-refractivity contribution is 5.52. The van der Waals surface area contributed by atoms with Crippen LogP contribution in [0, 0.1) is 15.9 Å². The van der Waals surface area contributed by atoms with Crippen molar-refractivity contribution in [2.24, 2.45) is 0 Å². The van der Waals surface area contributed by atoms with Crippen molar-refractivity contribution in [3.63, 3.8) is 0 Å². The van der Waals surface area contributed by atoms with Crippen LogP contribution in [0.1, 0.15) is 41.5 Å². The van der Waals surface area contributed by atoms with Crippen molar-refractivity contribution in [1.29, 1.82) is 0 Å². The maximum atomic E-state index is 14.9. The number of halogens is 1. The molecule has 0 amide bonds. The lowest BCUT2D eigenvalue weighted by Crippen LogP contribution is -2.26. The molecule has 0 spiro atoms. The Morgan fingerprint density at radius 3 is 1.90 bits per heavy atom. The molecule has 10 heteroatoms. The molecule has 1 rings (SSSR count). The zero-order valence-corrected chi connectivity index (χ0v) is 18.4. The van der Waals surface area contributed by atoms with E-state index in [1.54, 1.807) is 27.7 Å². The van der Waals surface area contributed by atoms with Gasteiger partial charge in [0, 0.05) is 19.3 Å². The number of nitrogens with zero attached hydrogens (tertiary/aromatic N) is 1. The van der Waals surface area contributed by atoms with Gasteiger partial charge in [0.05, 0.1) is 17.1 Å². The molecule has 0 aromatic heterocycles. The first-order chi connectivity index (χ1) is 14.2. The van der Waals surface area contributed by atoms with Crippen LogP contribution in [0.5, 0.6) is 11.5 Å². The number of nitro groups is 1. The molecular weight excluding hydrogens is 401 g/mol. The second-order valence-electron chi connectivity index (χ2n) is 6.54. The third-order valence-corrected chi connectivity index (χ3v) is 3.82. The van der Waals surface area contributed by atoms with E-state index >= 15 is 0 Å². The van der Waals surface area contributed by atoms with Gasteiger partial charge in [-0.2, -0.15) is 4.39 Å². The van der Waals surface area contributed by atoms with Gasteiger partial charge in [0.1, 0.15) is 13.2 Å². The third kappa shape index (κ3) is 8.78. The Balaban J connectivity index is 2.81. The van der Waals surface area contributed by atoms with Crippen LogP contribution >= 0.6 is 0 Å². The highest BCUT2D eigenvalue weighted by Crippen LogP contribution is 2.36. The molecule has 0 aliphatic heterocycles. The predicted octanol–water partition coefficient (Wildman–Crippen LogP) is 4.07. The van der Waals surface area contributed by atoms with E-state index in [0.29, 0.717) is 13.2 Å². The van der Waals surface area contributed by atoms with Gasteiger partial charge in [0.25, 0.3) is 0 Å². The van der Waals surface area contributed by atoms with Crippen LogP contribution < -0.4 is 9.47 Å². The van der Waals surface area contributed by atoms with Gasteiger partial charge < -0.3 is 28.4 Å². The number of rotatable bonds is 15. The molecule has 2 unspecified atom stereocenters. The molecule has 0 aliphatic rings. The van der Waals surface area contributed by atoms with E-state index < -0.39 is 40.9 Å². The molecule has 1 aromatic carbocycles. The molecule has 0 bridgehead atoms. The van der Waals surface area contributed by atoms with Gasteiger partial charge in [-0.3, -0.25) is 10.1 Å². The SMILES string of the molecule is CCOC(C)OC(C)COc1c([N+](=O)[O-])ccc(OC[C@@H](C)O[C@H](C)OCC)c1F. The number of hydrogen-bond donors (Lipinski definition) is 0. The van der Waals surface area contributed by atoms with Gasteiger partial charge in [-0.25, -0.2) is 0 Å². The number of benzene rings is 1. The van der Waals surface area contributed by atoms with Crippen LogP contribution in [0.2, 0.25) is 0 Å². The molecule has 1 aromatic rings. The van der Waals surface area contributed by atoms with E-state index in [2.05, 4.69) is 0 Å². The van der Waals surface area contributed by atoms with Gasteiger partial charge in [-0.1, -0.05) is 0 Å². The lowest BCUT2D eigenvalue weighted by molar-refractivity contribution is -0.386. The minimum atomic E-state index is -0.959. The number of nitro benzene ring substituents is 1. The summed E-state index contributed by atoms with van der Waals surface area (Å²) in [6.07, 6.45) is -1.79. The summed E-state index contributed by atoms with van der Waals surface area (Å²) in [5, 5.41) is 11.3. The first kappa shape index (κ1) is 26.0. The maximum Gasteiger partial charge on any atom is 0.314 e. The molecule has 4 atom stereocenters. The van der Waals surface area contributed by atoms with Gasteiger partial charge >= 0.3 is 5.69 Å². The summed E-state index contributed by atoms with van der Waals surface area (Å²) in [5.74, 6) is -1.64. The molecule has 172 valence electrons. The first-order valence-corrected chi connectivity index (χ1v) is 9.96. The molecule has 0 fully saturated rings. The molecule has 30 heavy (non-hydrogen) atoms. The predicted molar refractivity (Wildman–Crippen MR) is 107 cm³/mol. The molecule has 0 radical (unpaired) electrons. The summed E-state index contributed by atoms with van der Waals surface area (Å²) in [4.78, 5) is 10.6. The summed E-state index contributed by atoms with van der Waals surface area (Å²) < 4.78 is 47.3. The average Bonchev–Trinajstić information content (AvgIpc) is 2.65. The average molecular weight is 433 g/mol. The summed E-state index contributed by atoms with van der Waals surface area (Å²) in [6.45, 7) is 11.5. The number of ether oxygens (including phenoxy) is 6. The Hall–Kier alpha value is -2.01. The van der Waals surface area contributed by atoms with E-state index in [9.17, 15) is 14.5 Å². The second kappa shape index (κ2) is 13.3. The smallest absolute Gasteiger partial charge is 0.314 e. The van der Waals surface area contributed by atoms with Crippen LogP contribution in [-0.4, -0.2) is 56.1 Å². The molecular formula is C20H32FNO8. The van der Waals surface area contributed by atoms with Crippen molar-refractivity contribution < 1.29 is 37.7 Å². The number of hydrogen-bond acceptors (Lipinski definition) is 8. The third-order valence-electron chi connectivity index (χ3n) is 3.82. The largest absolute Gasteiger partial charge is 0.488 e. The van der Waals surface area contributed by atoms with E-state index in [-0.39, 0.29) is 25.1 Å². The minimum absolute atomic E-state index is 0.0248. The Morgan fingerprint density at radius 2 is 1.43 bits per heavy atom. The van der Waals surface area contributed by atoms with Crippen LogP contribution in [0.3, 0.4) is 0 Å². The fraction of sp³-hybridized carbons (Fsp3) is 0.700. The molecule has 9 nitrogen and oxygen atoms in total. The monoisotopic (exact) mass is 433 g/mol. The van der Waals surface area contributed by atoms with Crippen molar-refractivity contribution in [2.45, 2.75) is 66.3 Å². The molecule has 0 aliphatic carbocycles. The topological polar surface area (TPSA) is 98.5 Å². The Bertz CT molecular complexity index is 660. The quantitative estimate of drug-likeness (QED) is 0.232. The van der Waals surface area contributed by atoms with Crippen molar-refractivity contribution in [2.75, 3.05) is 26.4 Å². The molecule has 0 N–H and O–H groups in total. The van der Waals surface area contributed by atoms with Gasteiger partial charge in [0.15, 0.2) is 18.3 Å². The zero-order chi connectivity index (χ0) is 22.7. The van der Waals surface area contributed by atoms with Gasteiger partial charge in [-0.15, -0.1) is 0 Å². The van der Waals surface area contributed by atoms with E-state index in [4.69, 9.17) is 28.4 Å². The highest BCUT2D eigenvalue weighted by Gasteiger charge is 2.25. The van der Waals surface area contributed by atoms with Crippen molar-refractivity contribution in [3.05, 3.63) is 28.1 Å². The lowest BCUT2D eigenvalue weighted by atomic mass is 10.2. The van der Waals surface area contributed by atoms with Crippen molar-refractivity contribution >= 4 is 5.69 Å². The van der Waals surface area contributed by atoms with E-state index in [1.807, 2.05) is 13.8 Å². The van der Waals surface area contributed by atoms with Gasteiger partial charge in [-0.05, 0) is 47.6 Å². The van der Waals surface area contributed by atoms with Crippen molar-refractivity contribution in [3.8, 4) is 11.5 Å². The van der Waals surface area contributed by atoms with Crippen LogP contribution in [0.25, 0.3) is 0 Å². The minimum Gasteiger partial charge on any atom is -0.488 e. The Labute approximate surface area is 176 Å². The normalized spacial score (nSPS) is 15.3. The van der Waals surface area contributed by atoms with E-state index in [1.165, 1.54) is 6.07 Å². The summed E-state index contributed by atoms with van der Waals surface area (Å²) in [5.41, 5.74) is -0.501. The zero-order valence-electron chi connectivity index (χ0n) is 18.4. The Morgan fingerprint density at radius 1 is 0.933 bits per heavy atom. The molecule has 0 heterocycles. The highest BCUT2D eigenvalue weighted by atomic mass is 19.1. The Kier molecular flexibility index (Phi) is 11.6. The fourth-order valence-corrected chi connectivity index (χ4v) is 2.61. The summed E-state index contributed by atoms with van der Waals surface area (Å²) in [6, 6.07) is 2.33. The van der Waals surface area contributed by atoms with Crippen LogP contribution in [-0.2, 0) is 18.9 Å². The van der Waals surface area contributed by atoms with E-state index in [0.717, 1.165) is 6.07 Å². The van der Waals surface area contributed by atoms with Crippen LogP contribution in [0.15, 0.2) is 12.1 Å². The standard InChI is InChI=1S/C20H32FNO8/c1-7-25-15(5)29-13(3)11-27-18-10-9-17(22(23)24)20(19(18)21)28-12-14(4)30-16(6)26-8-2/h9-10,13-16H,7-8,11-12H2,1-6H3/t13-,14?,15-,16?/m1/s1. The second-order valence-corrected chi connectivity index (χ2v) is 6.54. The van der Waals surface area contributed by atoms with Crippen molar-refractivity contribution in [1.82, 2.24) is 0 Å². The van der Waals surface area contributed by atoms with Crippen LogP contribution in [0.4, 0.5) is 10.1 Å². The lowest BCUT2D eigenvalue weighted by Gasteiger charge is -2.21. The molecule has 0 saturated heterocycles. The maximum absolute atomic E-state index is 14.9. The fourth-order valence-electron chi connectivity index (χ4n) is 2.61. The van der Waals surface area contributed by atoms with Gasteiger partial charge in [0.2, 0.25) is 11.6 Å². The summed E-state index contributed by atoms with van der Waals surface area (Å²) in [7, 11) is 0. The summed E-state index contributed by atoms with van der Waals surface area (Å²) >= 11 is 0.